The highest BCUT2D eigenvalue weighted by molar-refractivity contribution is 5.88. The number of ether oxygens (including phenoxy) is 3. The fraction of sp³-hybridized carbons (Fsp3) is 0.310. The third-order valence-corrected chi connectivity index (χ3v) is 5.74. The molecule has 7 heteroatoms. The van der Waals surface area contributed by atoms with Gasteiger partial charge in [0.05, 0.1) is 14.2 Å². The lowest BCUT2D eigenvalue weighted by molar-refractivity contribution is -0.142. The first-order valence-electron chi connectivity index (χ1n) is 12.0. The van der Waals surface area contributed by atoms with Gasteiger partial charge in [0.2, 0.25) is 5.91 Å². The molecule has 3 rings (SSSR count). The molecule has 3 aromatic carbocycles. The van der Waals surface area contributed by atoms with Crippen LogP contribution in [0.1, 0.15) is 23.6 Å². The maximum atomic E-state index is 13.6. The minimum Gasteiger partial charge on any atom is -0.496 e. The molecule has 0 aliphatic rings. The zero-order valence-electron chi connectivity index (χ0n) is 21.3. The van der Waals surface area contributed by atoms with Crippen molar-refractivity contribution < 1.29 is 23.8 Å². The predicted octanol–water partition coefficient (Wildman–Crippen LogP) is 4.17. The highest BCUT2D eigenvalue weighted by Gasteiger charge is 2.30. The van der Waals surface area contributed by atoms with E-state index in [1.54, 1.807) is 37.3 Å². The number of hydrogen-bond donors (Lipinski definition) is 1. The van der Waals surface area contributed by atoms with Gasteiger partial charge in [-0.1, -0.05) is 60.2 Å². The molecular weight excluding hydrogens is 456 g/mol. The Morgan fingerprint density at radius 2 is 1.50 bits per heavy atom. The average molecular weight is 491 g/mol. The predicted molar refractivity (Wildman–Crippen MR) is 139 cm³/mol. The molecular formula is C29H34N2O5. The van der Waals surface area contributed by atoms with E-state index in [0.717, 1.165) is 16.7 Å². The summed E-state index contributed by atoms with van der Waals surface area (Å²) in [6.07, 6.45) is 0.386. The van der Waals surface area contributed by atoms with Gasteiger partial charge in [-0.3, -0.25) is 9.59 Å². The summed E-state index contributed by atoms with van der Waals surface area (Å²) in [5.41, 5.74) is 2.99. The second kappa shape index (κ2) is 13.2. The number of aryl methyl sites for hydroxylation is 1. The van der Waals surface area contributed by atoms with Gasteiger partial charge >= 0.3 is 0 Å². The van der Waals surface area contributed by atoms with Crippen molar-refractivity contribution in [3.8, 4) is 17.2 Å². The van der Waals surface area contributed by atoms with E-state index in [-0.39, 0.29) is 25.0 Å². The Hall–Kier alpha value is -4.00. The summed E-state index contributed by atoms with van der Waals surface area (Å²) in [6.45, 7) is 4.37. The number of likely N-dealkylation sites (N-methyl/N-ethyl adjacent to an activating group) is 1. The van der Waals surface area contributed by atoms with E-state index in [4.69, 9.17) is 14.2 Å². The zero-order valence-corrected chi connectivity index (χ0v) is 21.3. The summed E-state index contributed by atoms with van der Waals surface area (Å²) in [4.78, 5) is 28.4. The number of nitrogens with zero attached hydrogens (tertiary/aromatic N) is 1. The van der Waals surface area contributed by atoms with Crippen LogP contribution in [0.5, 0.6) is 17.2 Å². The first-order valence-corrected chi connectivity index (χ1v) is 12.0. The normalized spacial score (nSPS) is 11.3. The number of rotatable bonds is 12. The molecule has 0 saturated carbocycles. The Balaban J connectivity index is 1.90. The quantitative estimate of drug-likeness (QED) is 0.412. The smallest absolute Gasteiger partial charge is 0.261 e. The average Bonchev–Trinajstić information content (AvgIpc) is 2.89. The second-order valence-corrected chi connectivity index (χ2v) is 8.45. The van der Waals surface area contributed by atoms with Crippen molar-refractivity contribution in [2.45, 2.75) is 32.9 Å². The molecule has 190 valence electrons. The Kier molecular flexibility index (Phi) is 9.74. The van der Waals surface area contributed by atoms with Crippen LogP contribution in [0.25, 0.3) is 0 Å². The monoisotopic (exact) mass is 490 g/mol. The van der Waals surface area contributed by atoms with E-state index in [9.17, 15) is 9.59 Å². The zero-order chi connectivity index (χ0) is 25.9. The molecule has 1 atom stereocenters. The van der Waals surface area contributed by atoms with E-state index >= 15 is 0 Å². The molecule has 7 nitrogen and oxygen atoms in total. The van der Waals surface area contributed by atoms with Crippen LogP contribution in [-0.4, -0.2) is 50.1 Å². The second-order valence-electron chi connectivity index (χ2n) is 8.45. The van der Waals surface area contributed by atoms with Crippen molar-refractivity contribution in [2.75, 3.05) is 27.4 Å². The largest absolute Gasteiger partial charge is 0.496 e. The molecule has 0 spiro atoms. The SMILES string of the molecule is CCNC(=O)[C@@H](Cc1ccccc1)N(Cc1cccc(C)c1)C(=O)COc1cc(OC)cc(OC)c1. The van der Waals surface area contributed by atoms with Crippen molar-refractivity contribution in [3.05, 3.63) is 89.5 Å². The van der Waals surface area contributed by atoms with Crippen LogP contribution in [0.15, 0.2) is 72.8 Å². The molecule has 2 amide bonds. The van der Waals surface area contributed by atoms with Gasteiger partial charge in [0.1, 0.15) is 23.3 Å². The Bertz CT molecular complexity index is 1130. The fourth-order valence-electron chi connectivity index (χ4n) is 3.95. The Morgan fingerprint density at radius 1 is 0.861 bits per heavy atom. The number of methoxy groups -OCH3 is 2. The van der Waals surface area contributed by atoms with Crippen molar-refractivity contribution in [1.29, 1.82) is 0 Å². The van der Waals surface area contributed by atoms with Crippen LogP contribution >= 0.6 is 0 Å². The Morgan fingerprint density at radius 3 is 2.11 bits per heavy atom. The molecule has 0 radical (unpaired) electrons. The van der Waals surface area contributed by atoms with Crippen LogP contribution in [0.2, 0.25) is 0 Å². The van der Waals surface area contributed by atoms with Gasteiger partial charge in [0, 0.05) is 37.7 Å². The van der Waals surface area contributed by atoms with Gasteiger partial charge in [-0.05, 0) is 25.0 Å². The summed E-state index contributed by atoms with van der Waals surface area (Å²) in [7, 11) is 3.10. The van der Waals surface area contributed by atoms with Gasteiger partial charge in [-0.15, -0.1) is 0 Å². The molecule has 0 fully saturated rings. The summed E-state index contributed by atoms with van der Waals surface area (Å²) in [5, 5.41) is 2.90. The maximum Gasteiger partial charge on any atom is 0.261 e. The summed E-state index contributed by atoms with van der Waals surface area (Å²) < 4.78 is 16.4. The van der Waals surface area contributed by atoms with Gasteiger partial charge < -0.3 is 24.4 Å². The number of carbonyl (C=O) groups excluding carboxylic acids is 2. The van der Waals surface area contributed by atoms with Gasteiger partial charge in [-0.25, -0.2) is 0 Å². The first-order chi connectivity index (χ1) is 17.4. The number of benzene rings is 3. The van der Waals surface area contributed by atoms with Crippen molar-refractivity contribution >= 4 is 11.8 Å². The third kappa shape index (κ3) is 7.50. The van der Waals surface area contributed by atoms with Crippen LogP contribution in [0.4, 0.5) is 0 Å². The van der Waals surface area contributed by atoms with Crippen molar-refractivity contribution in [3.63, 3.8) is 0 Å². The number of hydrogen-bond acceptors (Lipinski definition) is 5. The highest BCUT2D eigenvalue weighted by Crippen LogP contribution is 2.27. The van der Waals surface area contributed by atoms with Gasteiger partial charge in [-0.2, -0.15) is 0 Å². The minimum absolute atomic E-state index is 0.203. The Labute approximate surface area is 213 Å². The maximum absolute atomic E-state index is 13.6. The number of nitrogens with one attached hydrogen (secondary N) is 1. The number of carbonyl (C=O) groups is 2. The molecule has 0 aliphatic carbocycles. The summed E-state index contributed by atoms with van der Waals surface area (Å²) in [5.74, 6) is 1.04. The van der Waals surface area contributed by atoms with E-state index in [1.165, 1.54) is 0 Å². The molecule has 0 aliphatic heterocycles. The molecule has 0 unspecified atom stereocenters. The first kappa shape index (κ1) is 26.6. The highest BCUT2D eigenvalue weighted by atomic mass is 16.5. The van der Waals surface area contributed by atoms with Gasteiger partial charge in [0.25, 0.3) is 5.91 Å². The molecule has 0 saturated heterocycles. The minimum atomic E-state index is -0.705. The van der Waals surface area contributed by atoms with E-state index < -0.39 is 6.04 Å². The molecule has 3 aromatic rings. The van der Waals surface area contributed by atoms with Crippen LogP contribution in [0, 0.1) is 6.92 Å². The van der Waals surface area contributed by atoms with Crippen molar-refractivity contribution in [1.82, 2.24) is 10.2 Å². The van der Waals surface area contributed by atoms with Crippen LogP contribution in [0.3, 0.4) is 0 Å². The topological polar surface area (TPSA) is 77.1 Å². The van der Waals surface area contributed by atoms with Crippen molar-refractivity contribution in [2.24, 2.45) is 0 Å². The van der Waals surface area contributed by atoms with E-state index in [2.05, 4.69) is 5.32 Å². The fourth-order valence-corrected chi connectivity index (χ4v) is 3.95. The molecule has 0 heterocycles. The van der Waals surface area contributed by atoms with Crippen LogP contribution < -0.4 is 19.5 Å². The lowest BCUT2D eigenvalue weighted by Gasteiger charge is -2.31. The number of amides is 2. The third-order valence-electron chi connectivity index (χ3n) is 5.74. The van der Waals surface area contributed by atoms with E-state index in [1.807, 2.05) is 68.4 Å². The molecule has 0 aromatic heterocycles. The summed E-state index contributed by atoms with van der Waals surface area (Å²) in [6, 6.07) is 22.0. The summed E-state index contributed by atoms with van der Waals surface area (Å²) >= 11 is 0. The lowest BCUT2D eigenvalue weighted by Crippen LogP contribution is -2.51. The standard InChI is InChI=1S/C29H34N2O5/c1-5-30-29(33)27(15-22-11-7-6-8-12-22)31(19-23-13-9-10-21(2)14-23)28(32)20-36-26-17-24(34-3)16-25(18-26)35-4/h6-14,16-18,27H,5,15,19-20H2,1-4H3,(H,30,33)/t27-/m1/s1. The molecule has 36 heavy (non-hydrogen) atoms. The lowest BCUT2D eigenvalue weighted by atomic mass is 10.0. The van der Waals surface area contributed by atoms with E-state index in [0.29, 0.717) is 30.2 Å². The molecule has 1 N–H and O–H groups in total. The van der Waals surface area contributed by atoms with Crippen LogP contribution in [-0.2, 0) is 22.6 Å². The molecule has 0 bridgehead atoms. The van der Waals surface area contributed by atoms with Gasteiger partial charge in [0.15, 0.2) is 6.61 Å².